The van der Waals surface area contributed by atoms with E-state index in [2.05, 4.69) is 0 Å². The first-order valence-corrected chi connectivity index (χ1v) is 4.27. The van der Waals surface area contributed by atoms with E-state index < -0.39 is 13.6 Å². The zero-order valence-electron chi connectivity index (χ0n) is 5.55. The van der Waals surface area contributed by atoms with E-state index in [1.807, 2.05) is 0 Å². The van der Waals surface area contributed by atoms with Crippen LogP contribution in [0.4, 0.5) is 0 Å². The molecule has 0 aromatic carbocycles. The molecule has 0 bridgehead atoms. The number of carbonyl (C=O) groups is 1. The summed E-state index contributed by atoms with van der Waals surface area (Å²) in [5, 5.41) is 0. The normalized spacial score (nSPS) is 9.20. The third-order valence-electron chi connectivity index (χ3n) is 0.211. The number of amides is 1. The van der Waals surface area contributed by atoms with Crippen molar-refractivity contribution in [1.82, 2.24) is 4.90 Å². The van der Waals surface area contributed by atoms with Crippen LogP contribution < -0.4 is 0 Å². The second kappa shape index (κ2) is 5.32. The van der Waals surface area contributed by atoms with Gasteiger partial charge in [-0.15, -0.1) is 0 Å². The summed E-state index contributed by atoms with van der Waals surface area (Å²) in [7, 11) is 3.38. The van der Waals surface area contributed by atoms with Crippen molar-refractivity contribution < 1.29 is 34.3 Å². The van der Waals surface area contributed by atoms with Crippen molar-refractivity contribution in [3.05, 3.63) is 0 Å². The molecule has 0 rings (SSSR count). The zero-order chi connectivity index (χ0) is 8.78. The number of rotatable bonds is 1. The number of carbonyl (C=O) groups excluding carboxylic acids is 1. The van der Waals surface area contributed by atoms with E-state index in [-0.39, 0.29) is 0 Å². The second-order valence-electron chi connectivity index (χ2n) is 1.52. The Labute approximate surface area is 60.5 Å². The first-order chi connectivity index (χ1) is 4.27. The summed E-state index contributed by atoms with van der Waals surface area (Å²) in [6.45, 7) is 0. The van der Waals surface area contributed by atoms with Gasteiger partial charge in [0.15, 0.2) is 0 Å². The molecule has 6 nitrogen and oxygen atoms in total. The molecular weight excluding hydrogens is 182 g/mol. The summed E-state index contributed by atoms with van der Waals surface area (Å²) in [4.78, 5) is 10.9. The van der Waals surface area contributed by atoms with Gasteiger partial charge in [0.25, 0.3) is 0 Å². The second-order valence-corrected chi connectivity index (χ2v) is 2.92. The molecular formula is C3H9CrNO5. The molecule has 0 unspecified atom stereocenters. The van der Waals surface area contributed by atoms with E-state index in [1.165, 1.54) is 4.90 Å². The predicted molar refractivity (Wildman–Crippen MR) is 25.6 cm³/mol. The maximum absolute atomic E-state index is 9.43. The molecule has 1 amide bonds. The molecule has 0 aromatic heterocycles. The van der Waals surface area contributed by atoms with Crippen molar-refractivity contribution >= 4 is 6.41 Å². The van der Waals surface area contributed by atoms with E-state index in [9.17, 15) is 4.79 Å². The van der Waals surface area contributed by atoms with Crippen LogP contribution in [-0.2, 0) is 26.0 Å². The van der Waals surface area contributed by atoms with Gasteiger partial charge in [0.1, 0.15) is 0 Å². The Morgan fingerprint density at radius 1 is 1.30 bits per heavy atom. The van der Waals surface area contributed by atoms with Crippen LogP contribution in [0.5, 0.6) is 0 Å². The number of nitrogens with zero attached hydrogens (tertiary/aromatic N) is 1. The van der Waals surface area contributed by atoms with E-state index in [0.717, 1.165) is 6.41 Å². The molecule has 62 valence electrons. The standard InChI is InChI=1S/C3H7NO.Cr.2H2O.2O/c1-4(2)3-5;;;;;/h3H,1-2H3;;2*1H2;;/q;+2;;;;/p-2. The van der Waals surface area contributed by atoms with Gasteiger partial charge < -0.3 is 4.90 Å². The van der Waals surface area contributed by atoms with Crippen LogP contribution in [0.15, 0.2) is 0 Å². The Balaban J connectivity index is 0. The Kier molecular flexibility index (Phi) is 6.50. The van der Waals surface area contributed by atoms with Crippen molar-refractivity contribution in [3.8, 4) is 0 Å². The van der Waals surface area contributed by atoms with Crippen LogP contribution in [0.2, 0.25) is 0 Å². The van der Waals surface area contributed by atoms with E-state index in [4.69, 9.17) is 15.9 Å². The average molecular weight is 191 g/mol. The van der Waals surface area contributed by atoms with Gasteiger partial charge in [-0.25, -0.2) is 0 Å². The number of hydrogen-bond acceptors (Lipinski definition) is 3. The summed E-state index contributed by atoms with van der Waals surface area (Å²) >= 11 is -5.25. The monoisotopic (exact) mass is 191 g/mol. The quantitative estimate of drug-likeness (QED) is 0.484. The Bertz CT molecular complexity index is 163. The summed E-state index contributed by atoms with van der Waals surface area (Å²) < 4.78 is 31.9. The molecule has 0 fully saturated rings. The van der Waals surface area contributed by atoms with Gasteiger partial charge in [0, 0.05) is 14.1 Å². The van der Waals surface area contributed by atoms with Gasteiger partial charge in [-0.2, -0.15) is 0 Å². The van der Waals surface area contributed by atoms with E-state index in [1.54, 1.807) is 14.1 Å². The third-order valence-corrected chi connectivity index (χ3v) is 0.211. The van der Waals surface area contributed by atoms with Gasteiger partial charge >= 0.3 is 29.5 Å². The molecule has 7 heteroatoms. The van der Waals surface area contributed by atoms with Crippen LogP contribution in [0, 0.1) is 0 Å². The molecule has 0 atom stereocenters. The fourth-order valence-electron chi connectivity index (χ4n) is 0. The van der Waals surface area contributed by atoms with Crippen LogP contribution >= 0.6 is 0 Å². The molecule has 10 heavy (non-hydrogen) atoms. The van der Waals surface area contributed by atoms with E-state index >= 15 is 0 Å². The van der Waals surface area contributed by atoms with Gasteiger partial charge in [-0.1, -0.05) is 0 Å². The summed E-state index contributed by atoms with van der Waals surface area (Å²) in [5.74, 6) is 0. The summed E-state index contributed by atoms with van der Waals surface area (Å²) in [6, 6.07) is 0. The minimum absolute atomic E-state index is 0.750. The van der Waals surface area contributed by atoms with Crippen molar-refractivity contribution in [2.45, 2.75) is 0 Å². The minimum atomic E-state index is -5.25. The topological polar surface area (TPSA) is 94.9 Å². The number of hydrogen-bond donors (Lipinski definition) is 2. The Hall–Kier alpha value is -0.478. The van der Waals surface area contributed by atoms with Crippen molar-refractivity contribution in [2.24, 2.45) is 0 Å². The molecule has 0 spiro atoms. The fraction of sp³-hybridized carbons (Fsp3) is 0.667. The zero-order valence-corrected chi connectivity index (χ0v) is 6.83. The summed E-state index contributed by atoms with van der Waals surface area (Å²) in [5.41, 5.74) is 0. The molecule has 0 radical (unpaired) electrons. The first-order valence-electron chi connectivity index (χ1n) is 2.09. The molecule has 2 N–H and O–H groups in total. The molecule has 0 saturated carbocycles. The van der Waals surface area contributed by atoms with E-state index in [0.29, 0.717) is 0 Å². The Morgan fingerprint density at radius 3 is 1.40 bits per heavy atom. The molecule has 0 aromatic rings. The summed E-state index contributed by atoms with van der Waals surface area (Å²) in [6.07, 6.45) is 0.750. The van der Waals surface area contributed by atoms with Gasteiger partial charge in [0.05, 0.1) is 0 Å². The van der Waals surface area contributed by atoms with Crippen LogP contribution in [0.25, 0.3) is 0 Å². The SMILES string of the molecule is CN(C)C=O.[O]=[Cr](=[O])([OH])[OH]. The average Bonchev–Trinajstić information content (AvgIpc) is 1.61. The fourth-order valence-corrected chi connectivity index (χ4v) is 0. The van der Waals surface area contributed by atoms with Crippen LogP contribution in [-0.4, -0.2) is 33.7 Å². The van der Waals surface area contributed by atoms with Crippen LogP contribution in [0.1, 0.15) is 0 Å². The predicted octanol–water partition coefficient (Wildman–Crippen LogP) is -1.65. The van der Waals surface area contributed by atoms with Crippen LogP contribution in [0.3, 0.4) is 0 Å². The van der Waals surface area contributed by atoms with Gasteiger partial charge in [-0.05, 0) is 0 Å². The molecule has 0 heterocycles. The van der Waals surface area contributed by atoms with Gasteiger partial charge in [-0.3, -0.25) is 4.79 Å². The van der Waals surface area contributed by atoms with Crippen molar-refractivity contribution in [2.75, 3.05) is 14.1 Å². The molecule has 0 saturated heterocycles. The maximum atomic E-state index is 9.43. The van der Waals surface area contributed by atoms with Crippen molar-refractivity contribution in [3.63, 3.8) is 0 Å². The Morgan fingerprint density at radius 2 is 1.40 bits per heavy atom. The van der Waals surface area contributed by atoms with Crippen molar-refractivity contribution in [1.29, 1.82) is 0 Å². The molecule has 0 aliphatic rings. The third kappa shape index (κ3) is 138. The molecule has 0 aliphatic carbocycles. The molecule has 0 aliphatic heterocycles. The van der Waals surface area contributed by atoms with Gasteiger partial charge in [0.2, 0.25) is 6.41 Å². The first kappa shape index (κ1) is 12.2.